The Hall–Kier alpha value is -1.48. The van der Waals surface area contributed by atoms with Crippen molar-refractivity contribution < 1.29 is 9.53 Å². The van der Waals surface area contributed by atoms with Crippen LogP contribution in [0.5, 0.6) is 0 Å². The lowest BCUT2D eigenvalue weighted by Crippen LogP contribution is -1.96. The molecule has 0 spiro atoms. The number of benzene rings is 1. The van der Waals surface area contributed by atoms with E-state index in [2.05, 4.69) is 0 Å². The van der Waals surface area contributed by atoms with Crippen molar-refractivity contribution in [3.63, 3.8) is 0 Å². The highest BCUT2D eigenvalue weighted by Crippen LogP contribution is 2.37. The first-order chi connectivity index (χ1) is 8.83. The molecule has 92 valence electrons. The van der Waals surface area contributed by atoms with E-state index in [4.69, 9.17) is 4.74 Å². The number of hydrogen-bond donors (Lipinski definition) is 0. The maximum atomic E-state index is 11.8. The van der Waals surface area contributed by atoms with Crippen LogP contribution in [0.1, 0.15) is 25.7 Å². The van der Waals surface area contributed by atoms with Crippen molar-refractivity contribution in [2.45, 2.75) is 30.6 Å². The molecule has 1 aliphatic heterocycles. The summed E-state index contributed by atoms with van der Waals surface area (Å²) < 4.78 is 5.36. The lowest BCUT2D eigenvalue weighted by atomic mass is 10.2. The van der Waals surface area contributed by atoms with Gasteiger partial charge in [-0.05, 0) is 43.4 Å². The van der Waals surface area contributed by atoms with Gasteiger partial charge in [0.25, 0.3) is 0 Å². The van der Waals surface area contributed by atoms with Crippen LogP contribution in [0, 0.1) is 0 Å². The molecule has 1 saturated carbocycles. The van der Waals surface area contributed by atoms with Crippen LogP contribution in [0.2, 0.25) is 0 Å². The Morgan fingerprint density at radius 2 is 1.78 bits per heavy atom. The maximum Gasteiger partial charge on any atom is 0.350 e. The predicted molar refractivity (Wildman–Crippen MR) is 72.0 cm³/mol. The molecular formula is C15H14O2S. The molecule has 1 aliphatic carbocycles. The predicted octanol–water partition coefficient (Wildman–Crippen LogP) is 4.05. The number of cyclic esters (lactones) is 1. The van der Waals surface area contributed by atoms with Gasteiger partial charge >= 0.3 is 5.97 Å². The molecule has 18 heavy (non-hydrogen) atoms. The zero-order valence-electron chi connectivity index (χ0n) is 10.0. The van der Waals surface area contributed by atoms with Gasteiger partial charge in [0.15, 0.2) is 0 Å². The van der Waals surface area contributed by atoms with E-state index >= 15 is 0 Å². The van der Waals surface area contributed by atoms with E-state index in [-0.39, 0.29) is 5.97 Å². The van der Waals surface area contributed by atoms with E-state index in [9.17, 15) is 4.79 Å². The lowest BCUT2D eigenvalue weighted by molar-refractivity contribution is -0.132. The molecule has 3 rings (SSSR count). The van der Waals surface area contributed by atoms with Crippen LogP contribution in [0.25, 0.3) is 0 Å². The van der Waals surface area contributed by atoms with E-state index in [0.29, 0.717) is 4.91 Å². The van der Waals surface area contributed by atoms with Gasteiger partial charge in [-0.3, -0.25) is 0 Å². The SMILES string of the molecule is O=C1OC(=C2CCCC2)C=C1Sc1ccccc1. The van der Waals surface area contributed by atoms with Crippen LogP contribution in [0.15, 0.2) is 57.5 Å². The molecule has 0 aromatic heterocycles. The number of hydrogen-bond acceptors (Lipinski definition) is 3. The van der Waals surface area contributed by atoms with E-state index in [1.54, 1.807) is 0 Å². The summed E-state index contributed by atoms with van der Waals surface area (Å²) in [6.07, 6.45) is 6.47. The molecule has 0 radical (unpaired) electrons. The second kappa shape index (κ2) is 5.02. The zero-order valence-corrected chi connectivity index (χ0v) is 10.8. The van der Waals surface area contributed by atoms with Crippen molar-refractivity contribution in [1.29, 1.82) is 0 Å². The summed E-state index contributed by atoms with van der Waals surface area (Å²) in [7, 11) is 0. The molecule has 2 nitrogen and oxygen atoms in total. The summed E-state index contributed by atoms with van der Waals surface area (Å²) in [4.78, 5) is 13.6. The summed E-state index contributed by atoms with van der Waals surface area (Å²) in [5.41, 5.74) is 1.30. The maximum absolute atomic E-state index is 11.8. The van der Waals surface area contributed by atoms with Crippen molar-refractivity contribution in [1.82, 2.24) is 0 Å². The van der Waals surface area contributed by atoms with E-state index in [0.717, 1.165) is 23.5 Å². The zero-order chi connectivity index (χ0) is 12.4. The number of thioether (sulfide) groups is 1. The molecule has 0 amide bonds. The fourth-order valence-electron chi connectivity index (χ4n) is 2.27. The minimum absolute atomic E-state index is 0.210. The Kier molecular flexibility index (Phi) is 3.24. The Bertz CT molecular complexity index is 521. The van der Waals surface area contributed by atoms with Crippen molar-refractivity contribution in [3.05, 3.63) is 52.6 Å². The van der Waals surface area contributed by atoms with Gasteiger partial charge in [0, 0.05) is 11.0 Å². The van der Waals surface area contributed by atoms with Gasteiger partial charge in [-0.15, -0.1) is 0 Å². The largest absolute Gasteiger partial charge is 0.423 e. The van der Waals surface area contributed by atoms with Crippen LogP contribution in [0.4, 0.5) is 0 Å². The average Bonchev–Trinajstić information content (AvgIpc) is 3.01. The fourth-order valence-corrected chi connectivity index (χ4v) is 3.10. The number of allylic oxidation sites excluding steroid dienone is 2. The van der Waals surface area contributed by atoms with E-state index in [1.807, 2.05) is 36.4 Å². The second-order valence-corrected chi connectivity index (χ2v) is 5.60. The van der Waals surface area contributed by atoms with Gasteiger partial charge < -0.3 is 4.74 Å². The smallest absolute Gasteiger partial charge is 0.350 e. The summed E-state index contributed by atoms with van der Waals surface area (Å²) in [6.45, 7) is 0. The average molecular weight is 258 g/mol. The minimum atomic E-state index is -0.210. The summed E-state index contributed by atoms with van der Waals surface area (Å²) in [5, 5.41) is 0. The molecule has 0 bridgehead atoms. The van der Waals surface area contributed by atoms with Crippen LogP contribution >= 0.6 is 11.8 Å². The lowest BCUT2D eigenvalue weighted by Gasteiger charge is -2.00. The molecule has 1 aromatic rings. The molecule has 1 fully saturated rings. The van der Waals surface area contributed by atoms with Crippen molar-refractivity contribution >= 4 is 17.7 Å². The molecule has 1 heterocycles. The Morgan fingerprint density at radius 1 is 1.06 bits per heavy atom. The van der Waals surface area contributed by atoms with Gasteiger partial charge in [-0.1, -0.05) is 30.0 Å². The van der Waals surface area contributed by atoms with Crippen molar-refractivity contribution in [2.24, 2.45) is 0 Å². The first-order valence-electron chi connectivity index (χ1n) is 6.22. The molecule has 0 saturated heterocycles. The number of ether oxygens (including phenoxy) is 1. The third kappa shape index (κ3) is 2.36. The Labute approximate surface area is 111 Å². The van der Waals surface area contributed by atoms with Crippen LogP contribution < -0.4 is 0 Å². The summed E-state index contributed by atoms with van der Waals surface area (Å²) >= 11 is 1.47. The van der Waals surface area contributed by atoms with Gasteiger partial charge in [-0.2, -0.15) is 0 Å². The highest BCUT2D eigenvalue weighted by Gasteiger charge is 2.25. The number of rotatable bonds is 2. The molecule has 3 heteroatoms. The third-order valence-corrected chi connectivity index (χ3v) is 4.20. The monoisotopic (exact) mass is 258 g/mol. The fraction of sp³-hybridized carbons (Fsp3) is 0.267. The van der Waals surface area contributed by atoms with Crippen LogP contribution in [-0.2, 0) is 9.53 Å². The van der Waals surface area contributed by atoms with Crippen molar-refractivity contribution in [2.75, 3.05) is 0 Å². The van der Waals surface area contributed by atoms with Crippen LogP contribution in [0.3, 0.4) is 0 Å². The van der Waals surface area contributed by atoms with Gasteiger partial charge in [0.2, 0.25) is 0 Å². The quantitative estimate of drug-likeness (QED) is 0.749. The standard InChI is InChI=1S/C15H14O2S/c16-15-14(18-12-8-2-1-3-9-12)10-13(17-15)11-6-4-5-7-11/h1-3,8-10H,4-7H2. The first kappa shape index (κ1) is 11.6. The molecule has 0 atom stereocenters. The van der Waals surface area contributed by atoms with Crippen LogP contribution in [-0.4, -0.2) is 5.97 Å². The van der Waals surface area contributed by atoms with Gasteiger partial charge in [0.05, 0.1) is 0 Å². The highest BCUT2D eigenvalue weighted by atomic mass is 32.2. The number of carbonyl (C=O) groups excluding carboxylic acids is 1. The highest BCUT2D eigenvalue weighted by molar-refractivity contribution is 8.04. The molecule has 0 unspecified atom stereocenters. The second-order valence-electron chi connectivity index (χ2n) is 4.49. The van der Waals surface area contributed by atoms with Gasteiger partial charge in [0.1, 0.15) is 10.7 Å². The third-order valence-electron chi connectivity index (χ3n) is 3.19. The molecule has 2 aliphatic rings. The topological polar surface area (TPSA) is 26.3 Å². The Morgan fingerprint density at radius 3 is 2.50 bits per heavy atom. The van der Waals surface area contributed by atoms with E-state index in [1.165, 1.54) is 30.2 Å². The normalized spacial score (nSPS) is 19.1. The number of esters is 1. The number of carbonyl (C=O) groups is 1. The molecular weight excluding hydrogens is 244 g/mol. The summed E-state index contributed by atoms with van der Waals surface area (Å²) in [6, 6.07) is 9.91. The van der Waals surface area contributed by atoms with E-state index < -0.39 is 0 Å². The van der Waals surface area contributed by atoms with Gasteiger partial charge in [-0.25, -0.2) is 4.79 Å². The first-order valence-corrected chi connectivity index (χ1v) is 7.03. The Balaban J connectivity index is 1.82. The molecule has 0 N–H and O–H groups in total. The van der Waals surface area contributed by atoms with Crippen molar-refractivity contribution in [3.8, 4) is 0 Å². The summed E-state index contributed by atoms with van der Waals surface area (Å²) in [5.74, 6) is 0.592. The minimum Gasteiger partial charge on any atom is -0.423 e. The molecule has 1 aromatic carbocycles.